The van der Waals surface area contributed by atoms with Crippen LogP contribution in [-0.2, 0) is 23.9 Å². The summed E-state index contributed by atoms with van der Waals surface area (Å²) >= 11 is 0. The van der Waals surface area contributed by atoms with Gasteiger partial charge in [0, 0.05) is 6.08 Å². The van der Waals surface area contributed by atoms with Gasteiger partial charge in [0.05, 0.1) is 12.5 Å². The molecule has 0 aliphatic carbocycles. The van der Waals surface area contributed by atoms with E-state index < -0.39 is 42.6 Å². The molecule has 0 aliphatic heterocycles. The second-order valence-electron chi connectivity index (χ2n) is 3.61. The minimum absolute atomic E-state index is 0.664. The molecule has 18 heavy (non-hydrogen) atoms. The first-order valence-corrected chi connectivity index (χ1v) is 5.21. The van der Waals surface area contributed by atoms with Gasteiger partial charge in [0.25, 0.3) is 0 Å². The van der Waals surface area contributed by atoms with E-state index in [0.717, 1.165) is 6.08 Å². The van der Waals surface area contributed by atoms with Crippen LogP contribution >= 0.6 is 0 Å². The highest BCUT2D eigenvalue weighted by Crippen LogP contribution is 2.10. The SMILES string of the molecule is C=CC(=O)OC(C)C(C)OC(CC(=O)O)C(=O)O. The average Bonchev–Trinajstić information content (AvgIpc) is 2.26. The topological polar surface area (TPSA) is 110 Å². The van der Waals surface area contributed by atoms with Crippen molar-refractivity contribution >= 4 is 17.9 Å². The van der Waals surface area contributed by atoms with Gasteiger partial charge in [-0.3, -0.25) is 4.79 Å². The smallest absolute Gasteiger partial charge is 0.333 e. The Morgan fingerprint density at radius 1 is 1.22 bits per heavy atom. The molecule has 0 amide bonds. The standard InChI is InChI=1S/C11H16O7/c1-4-10(14)18-7(3)6(2)17-8(11(15)16)5-9(12)13/h4,6-8H,1,5H2,2-3H3,(H,12,13)(H,15,16). The number of carboxylic acid groups (broad SMARTS) is 2. The Hall–Kier alpha value is -1.89. The van der Waals surface area contributed by atoms with Gasteiger partial charge in [0.15, 0.2) is 6.10 Å². The summed E-state index contributed by atoms with van der Waals surface area (Å²) in [6, 6.07) is 0. The number of carbonyl (C=O) groups is 3. The third-order valence-electron chi connectivity index (χ3n) is 2.14. The zero-order chi connectivity index (χ0) is 14.3. The second kappa shape index (κ2) is 7.44. The molecule has 0 saturated heterocycles. The summed E-state index contributed by atoms with van der Waals surface area (Å²) in [6.07, 6.45) is -2.65. The number of carboxylic acids is 2. The normalized spacial score (nSPS) is 15.2. The van der Waals surface area contributed by atoms with Gasteiger partial charge in [0.2, 0.25) is 0 Å². The molecule has 0 rings (SSSR count). The second-order valence-corrected chi connectivity index (χ2v) is 3.61. The van der Waals surface area contributed by atoms with Crippen LogP contribution in [0.3, 0.4) is 0 Å². The molecule has 0 spiro atoms. The van der Waals surface area contributed by atoms with Crippen LogP contribution in [-0.4, -0.2) is 46.4 Å². The van der Waals surface area contributed by atoms with Gasteiger partial charge in [-0.05, 0) is 13.8 Å². The number of hydrogen-bond acceptors (Lipinski definition) is 5. The van der Waals surface area contributed by atoms with Crippen LogP contribution in [0.15, 0.2) is 12.7 Å². The molecule has 0 saturated carbocycles. The summed E-state index contributed by atoms with van der Waals surface area (Å²) in [5.74, 6) is -3.33. The molecule has 102 valence electrons. The third-order valence-corrected chi connectivity index (χ3v) is 2.14. The van der Waals surface area contributed by atoms with Crippen LogP contribution in [0.4, 0.5) is 0 Å². The van der Waals surface area contributed by atoms with Gasteiger partial charge in [-0.2, -0.15) is 0 Å². The molecular formula is C11H16O7. The van der Waals surface area contributed by atoms with Crippen LogP contribution < -0.4 is 0 Å². The average molecular weight is 260 g/mol. The van der Waals surface area contributed by atoms with Crippen LogP contribution in [0, 0.1) is 0 Å². The fourth-order valence-corrected chi connectivity index (χ4v) is 1.05. The summed E-state index contributed by atoms with van der Waals surface area (Å²) in [6.45, 7) is 6.20. The van der Waals surface area contributed by atoms with E-state index in [1.54, 1.807) is 0 Å². The summed E-state index contributed by atoms with van der Waals surface area (Å²) < 4.78 is 9.86. The number of esters is 1. The van der Waals surface area contributed by atoms with Gasteiger partial charge in [0.1, 0.15) is 6.10 Å². The number of carbonyl (C=O) groups excluding carboxylic acids is 1. The first kappa shape index (κ1) is 16.1. The molecule has 0 heterocycles. The highest BCUT2D eigenvalue weighted by Gasteiger charge is 2.27. The highest BCUT2D eigenvalue weighted by atomic mass is 16.6. The predicted molar refractivity (Wildman–Crippen MR) is 60.0 cm³/mol. The van der Waals surface area contributed by atoms with Crippen LogP contribution in [0.5, 0.6) is 0 Å². The fraction of sp³-hybridized carbons (Fsp3) is 0.545. The Balaban J connectivity index is 4.44. The molecule has 0 bridgehead atoms. The molecular weight excluding hydrogens is 244 g/mol. The molecule has 3 unspecified atom stereocenters. The lowest BCUT2D eigenvalue weighted by atomic mass is 10.2. The van der Waals surface area contributed by atoms with Crippen LogP contribution in [0.25, 0.3) is 0 Å². The van der Waals surface area contributed by atoms with Crippen molar-refractivity contribution in [3.05, 3.63) is 12.7 Å². The Kier molecular flexibility index (Phi) is 6.66. The Bertz CT molecular complexity index is 336. The molecule has 0 aromatic carbocycles. The summed E-state index contributed by atoms with van der Waals surface area (Å²) in [5.41, 5.74) is 0. The lowest BCUT2D eigenvalue weighted by Crippen LogP contribution is -2.36. The minimum Gasteiger partial charge on any atom is -0.481 e. The number of rotatable bonds is 8. The maximum Gasteiger partial charge on any atom is 0.333 e. The largest absolute Gasteiger partial charge is 0.481 e. The van der Waals surface area contributed by atoms with Crippen molar-refractivity contribution in [3.8, 4) is 0 Å². The lowest BCUT2D eigenvalue weighted by Gasteiger charge is -2.23. The van der Waals surface area contributed by atoms with Gasteiger partial charge >= 0.3 is 17.9 Å². The van der Waals surface area contributed by atoms with Crippen molar-refractivity contribution in [2.24, 2.45) is 0 Å². The van der Waals surface area contributed by atoms with Crippen molar-refractivity contribution in [3.63, 3.8) is 0 Å². The Morgan fingerprint density at radius 2 is 1.78 bits per heavy atom. The maximum atomic E-state index is 10.9. The third kappa shape index (κ3) is 6.00. The fourth-order valence-electron chi connectivity index (χ4n) is 1.05. The summed E-state index contributed by atoms with van der Waals surface area (Å²) in [7, 11) is 0. The number of aliphatic carboxylic acids is 2. The molecule has 7 nitrogen and oxygen atoms in total. The first-order valence-electron chi connectivity index (χ1n) is 5.21. The molecule has 0 aromatic heterocycles. The first-order chi connectivity index (χ1) is 8.27. The van der Waals surface area contributed by atoms with Crippen LogP contribution in [0.2, 0.25) is 0 Å². The lowest BCUT2D eigenvalue weighted by molar-refractivity contribution is -0.168. The van der Waals surface area contributed by atoms with E-state index in [0.29, 0.717) is 0 Å². The van der Waals surface area contributed by atoms with Crippen LogP contribution in [0.1, 0.15) is 20.3 Å². The minimum atomic E-state index is -1.48. The van der Waals surface area contributed by atoms with E-state index >= 15 is 0 Å². The number of ether oxygens (including phenoxy) is 2. The van der Waals surface area contributed by atoms with E-state index in [1.165, 1.54) is 13.8 Å². The van der Waals surface area contributed by atoms with E-state index in [-0.39, 0.29) is 0 Å². The highest BCUT2D eigenvalue weighted by molar-refractivity contribution is 5.81. The molecule has 3 atom stereocenters. The quantitative estimate of drug-likeness (QED) is 0.481. The van der Waals surface area contributed by atoms with Gasteiger partial charge in [-0.15, -0.1) is 0 Å². The molecule has 2 N–H and O–H groups in total. The Morgan fingerprint density at radius 3 is 2.17 bits per heavy atom. The monoisotopic (exact) mass is 260 g/mol. The van der Waals surface area contributed by atoms with Gasteiger partial charge < -0.3 is 19.7 Å². The summed E-state index contributed by atoms with van der Waals surface area (Å²) in [5, 5.41) is 17.3. The van der Waals surface area contributed by atoms with Crippen molar-refractivity contribution < 1.29 is 34.1 Å². The van der Waals surface area contributed by atoms with E-state index in [2.05, 4.69) is 6.58 Å². The van der Waals surface area contributed by atoms with Gasteiger partial charge in [-0.1, -0.05) is 6.58 Å². The summed E-state index contributed by atoms with van der Waals surface area (Å²) in [4.78, 5) is 32.1. The van der Waals surface area contributed by atoms with E-state index in [4.69, 9.17) is 19.7 Å². The van der Waals surface area contributed by atoms with Crippen molar-refractivity contribution in [2.45, 2.75) is 38.6 Å². The predicted octanol–water partition coefficient (Wildman–Crippen LogP) is 0.437. The van der Waals surface area contributed by atoms with Crippen molar-refractivity contribution in [1.82, 2.24) is 0 Å². The zero-order valence-electron chi connectivity index (χ0n) is 10.2. The molecule has 7 heteroatoms. The molecule has 0 fully saturated rings. The molecule has 0 aliphatic rings. The number of hydrogen-bond donors (Lipinski definition) is 2. The zero-order valence-corrected chi connectivity index (χ0v) is 10.2. The van der Waals surface area contributed by atoms with E-state index in [1.807, 2.05) is 0 Å². The van der Waals surface area contributed by atoms with Gasteiger partial charge in [-0.25, -0.2) is 9.59 Å². The maximum absolute atomic E-state index is 10.9. The Labute approximate surface area is 104 Å². The van der Waals surface area contributed by atoms with E-state index in [9.17, 15) is 14.4 Å². The van der Waals surface area contributed by atoms with Crippen molar-refractivity contribution in [2.75, 3.05) is 0 Å². The van der Waals surface area contributed by atoms with Crippen molar-refractivity contribution in [1.29, 1.82) is 0 Å². The molecule has 0 aromatic rings. The molecule has 0 radical (unpaired) electrons.